The van der Waals surface area contributed by atoms with Gasteiger partial charge < -0.3 is 28.4 Å². The average molecular weight is 444 g/mol. The second-order valence-electron chi connectivity index (χ2n) is 7.09. The van der Waals surface area contributed by atoms with Crippen LogP contribution in [0.5, 0.6) is 28.7 Å². The number of carbonyl (C=O) groups excluding carboxylic acids is 3. The number of esters is 3. The highest BCUT2D eigenvalue weighted by molar-refractivity contribution is 5.73. The minimum atomic E-state index is -0.716. The van der Waals surface area contributed by atoms with Crippen molar-refractivity contribution in [1.82, 2.24) is 0 Å². The summed E-state index contributed by atoms with van der Waals surface area (Å²) in [5, 5.41) is 0. The monoisotopic (exact) mass is 444 g/mol. The van der Waals surface area contributed by atoms with E-state index in [4.69, 9.17) is 28.4 Å². The molecule has 0 aromatic heterocycles. The SMILES string of the molecule is COc1ccc([C@H]2Oc3cc(OC(C)=O)cc(OC(C)=O)c3C[C@@H]2OC(C)=O)cc1OC. The molecule has 0 N–H and O–H groups in total. The summed E-state index contributed by atoms with van der Waals surface area (Å²) in [4.78, 5) is 34.9. The van der Waals surface area contributed by atoms with Crippen molar-refractivity contribution in [2.75, 3.05) is 14.2 Å². The summed E-state index contributed by atoms with van der Waals surface area (Å²) >= 11 is 0. The van der Waals surface area contributed by atoms with Crippen LogP contribution in [0.4, 0.5) is 0 Å². The van der Waals surface area contributed by atoms with Gasteiger partial charge in [0, 0.05) is 50.5 Å². The van der Waals surface area contributed by atoms with Crippen molar-refractivity contribution in [1.29, 1.82) is 0 Å². The first kappa shape index (κ1) is 22.9. The van der Waals surface area contributed by atoms with Crippen LogP contribution >= 0.6 is 0 Å². The Hall–Kier alpha value is -3.75. The lowest BCUT2D eigenvalue weighted by atomic mass is 9.93. The number of hydrogen-bond donors (Lipinski definition) is 0. The summed E-state index contributed by atoms with van der Waals surface area (Å²) in [6.07, 6.45) is -1.22. The molecular weight excluding hydrogens is 420 g/mol. The number of rotatable bonds is 6. The van der Waals surface area contributed by atoms with Crippen molar-refractivity contribution in [2.45, 2.75) is 39.4 Å². The van der Waals surface area contributed by atoms with Gasteiger partial charge in [-0.2, -0.15) is 0 Å². The summed E-state index contributed by atoms with van der Waals surface area (Å²) in [5.74, 6) is 0.0861. The number of hydrogen-bond acceptors (Lipinski definition) is 9. The van der Waals surface area contributed by atoms with Crippen LogP contribution in [0.15, 0.2) is 30.3 Å². The van der Waals surface area contributed by atoms with E-state index in [9.17, 15) is 14.4 Å². The third-order valence-corrected chi connectivity index (χ3v) is 4.71. The average Bonchev–Trinajstić information content (AvgIpc) is 2.72. The second kappa shape index (κ2) is 9.59. The molecule has 2 atom stereocenters. The van der Waals surface area contributed by atoms with Crippen LogP contribution in [0.2, 0.25) is 0 Å². The fourth-order valence-corrected chi connectivity index (χ4v) is 3.52. The topological polar surface area (TPSA) is 107 Å². The van der Waals surface area contributed by atoms with Gasteiger partial charge in [-0.05, 0) is 12.1 Å². The van der Waals surface area contributed by atoms with Gasteiger partial charge in [-0.15, -0.1) is 0 Å². The van der Waals surface area contributed by atoms with Crippen molar-refractivity contribution in [3.63, 3.8) is 0 Å². The third-order valence-electron chi connectivity index (χ3n) is 4.71. The molecule has 2 aromatic carbocycles. The first-order chi connectivity index (χ1) is 15.2. The van der Waals surface area contributed by atoms with Gasteiger partial charge in [0.1, 0.15) is 23.4 Å². The maximum Gasteiger partial charge on any atom is 0.308 e. The number of ether oxygens (including phenoxy) is 6. The van der Waals surface area contributed by atoms with Crippen molar-refractivity contribution in [3.05, 3.63) is 41.5 Å². The molecule has 0 saturated carbocycles. The molecule has 0 fully saturated rings. The van der Waals surface area contributed by atoms with E-state index in [-0.39, 0.29) is 17.9 Å². The lowest BCUT2D eigenvalue weighted by Crippen LogP contribution is -2.34. The summed E-state index contributed by atoms with van der Waals surface area (Å²) in [5.41, 5.74) is 1.19. The van der Waals surface area contributed by atoms with Crippen LogP contribution in [0.3, 0.4) is 0 Å². The molecule has 0 spiro atoms. The molecule has 0 bridgehead atoms. The van der Waals surface area contributed by atoms with E-state index in [0.29, 0.717) is 28.4 Å². The van der Waals surface area contributed by atoms with Crippen LogP contribution in [0, 0.1) is 0 Å². The van der Waals surface area contributed by atoms with E-state index >= 15 is 0 Å². The smallest absolute Gasteiger partial charge is 0.308 e. The van der Waals surface area contributed by atoms with Gasteiger partial charge in [-0.1, -0.05) is 6.07 Å². The number of fused-ring (bicyclic) bond motifs is 1. The molecule has 0 unspecified atom stereocenters. The first-order valence-corrected chi connectivity index (χ1v) is 9.81. The van der Waals surface area contributed by atoms with Crippen LogP contribution in [0.1, 0.15) is 38.0 Å². The van der Waals surface area contributed by atoms with Crippen molar-refractivity contribution in [3.8, 4) is 28.7 Å². The highest BCUT2D eigenvalue weighted by Gasteiger charge is 2.37. The fraction of sp³-hybridized carbons (Fsp3) is 0.348. The predicted octanol–water partition coefficient (Wildman–Crippen LogP) is 3.16. The lowest BCUT2D eigenvalue weighted by molar-refractivity contribution is -0.152. The zero-order valence-electron chi connectivity index (χ0n) is 18.4. The van der Waals surface area contributed by atoms with E-state index < -0.39 is 30.1 Å². The highest BCUT2D eigenvalue weighted by atomic mass is 16.6. The van der Waals surface area contributed by atoms with Crippen LogP contribution in [0.25, 0.3) is 0 Å². The Morgan fingerprint density at radius 3 is 2.12 bits per heavy atom. The minimum absolute atomic E-state index is 0.157. The van der Waals surface area contributed by atoms with E-state index in [2.05, 4.69) is 0 Å². The second-order valence-corrected chi connectivity index (χ2v) is 7.09. The number of methoxy groups -OCH3 is 2. The zero-order chi connectivity index (χ0) is 23.4. The summed E-state index contributed by atoms with van der Waals surface area (Å²) < 4.78 is 32.9. The van der Waals surface area contributed by atoms with E-state index in [1.807, 2.05) is 0 Å². The molecule has 0 aliphatic carbocycles. The standard InChI is InChI=1S/C23H24O9/c1-12(24)29-16-9-19(30-13(2)25)17-11-22(31-14(3)26)23(32-20(17)10-16)15-6-7-18(27-4)21(8-15)28-5/h6-10,22-23H,11H2,1-5H3/t22-,23+/m0/s1. The molecule has 9 heteroatoms. The Labute approximate surface area is 185 Å². The Morgan fingerprint density at radius 2 is 1.53 bits per heavy atom. The van der Waals surface area contributed by atoms with Crippen molar-refractivity contribution >= 4 is 17.9 Å². The molecule has 32 heavy (non-hydrogen) atoms. The normalized spacial score (nSPS) is 16.8. The minimum Gasteiger partial charge on any atom is -0.493 e. The molecular formula is C23H24O9. The zero-order valence-corrected chi connectivity index (χ0v) is 18.4. The number of carbonyl (C=O) groups is 3. The fourth-order valence-electron chi connectivity index (χ4n) is 3.52. The van der Waals surface area contributed by atoms with Gasteiger partial charge >= 0.3 is 17.9 Å². The Morgan fingerprint density at radius 1 is 0.844 bits per heavy atom. The van der Waals surface area contributed by atoms with Gasteiger partial charge in [0.15, 0.2) is 17.6 Å². The summed E-state index contributed by atoms with van der Waals surface area (Å²) in [7, 11) is 3.04. The molecule has 0 saturated heterocycles. The first-order valence-electron chi connectivity index (χ1n) is 9.81. The molecule has 9 nitrogen and oxygen atoms in total. The molecule has 170 valence electrons. The number of benzene rings is 2. The molecule has 3 rings (SSSR count). The molecule has 0 radical (unpaired) electrons. The Bertz CT molecular complexity index is 1040. The van der Waals surface area contributed by atoms with Gasteiger partial charge in [-0.3, -0.25) is 14.4 Å². The predicted molar refractivity (Wildman–Crippen MR) is 111 cm³/mol. The lowest BCUT2D eigenvalue weighted by Gasteiger charge is -2.34. The summed E-state index contributed by atoms with van der Waals surface area (Å²) in [6, 6.07) is 8.18. The Kier molecular flexibility index (Phi) is 6.87. The summed E-state index contributed by atoms with van der Waals surface area (Å²) in [6.45, 7) is 3.82. The van der Waals surface area contributed by atoms with Crippen LogP contribution < -0.4 is 23.7 Å². The molecule has 1 aliphatic heterocycles. The highest BCUT2D eigenvalue weighted by Crippen LogP contribution is 2.44. The van der Waals surface area contributed by atoms with Crippen LogP contribution in [-0.2, 0) is 25.5 Å². The van der Waals surface area contributed by atoms with Crippen molar-refractivity contribution in [2.24, 2.45) is 0 Å². The van der Waals surface area contributed by atoms with Gasteiger partial charge in [0.05, 0.1) is 14.2 Å². The van der Waals surface area contributed by atoms with Gasteiger partial charge in [0.25, 0.3) is 0 Å². The maximum atomic E-state index is 11.8. The van der Waals surface area contributed by atoms with Crippen molar-refractivity contribution < 1.29 is 42.8 Å². The van der Waals surface area contributed by atoms with Crippen LogP contribution in [-0.4, -0.2) is 38.2 Å². The molecule has 1 aliphatic rings. The molecule has 0 amide bonds. The third kappa shape index (κ3) is 5.11. The van der Waals surface area contributed by atoms with Gasteiger partial charge in [0.2, 0.25) is 0 Å². The van der Waals surface area contributed by atoms with E-state index in [0.717, 1.165) is 0 Å². The van der Waals surface area contributed by atoms with E-state index in [1.165, 1.54) is 47.1 Å². The van der Waals surface area contributed by atoms with Gasteiger partial charge in [-0.25, -0.2) is 0 Å². The largest absolute Gasteiger partial charge is 0.493 e. The molecule has 1 heterocycles. The quantitative estimate of drug-likeness (QED) is 0.490. The van der Waals surface area contributed by atoms with E-state index in [1.54, 1.807) is 18.2 Å². The Balaban J connectivity index is 2.09. The molecule has 2 aromatic rings. The maximum absolute atomic E-state index is 11.8.